The van der Waals surface area contributed by atoms with Crippen LogP contribution in [0.15, 0.2) is 65.6 Å². The molecular weight excluding hydrogens is 374 g/mol. The first-order valence-electron chi connectivity index (χ1n) is 9.21. The SMILES string of the molecule is COc1cccc2c1CCCC2C(=O)NS(=O)(=O)c1cccc2ccccc12. The molecule has 1 unspecified atom stereocenters. The van der Waals surface area contributed by atoms with Gasteiger partial charge in [0.1, 0.15) is 5.75 Å². The molecular formula is C22H21NO4S. The monoisotopic (exact) mass is 395 g/mol. The zero-order valence-electron chi connectivity index (χ0n) is 15.5. The summed E-state index contributed by atoms with van der Waals surface area (Å²) in [4.78, 5) is 13.1. The highest BCUT2D eigenvalue weighted by molar-refractivity contribution is 7.90. The Bertz CT molecular complexity index is 1150. The molecule has 0 saturated carbocycles. The van der Waals surface area contributed by atoms with Crippen molar-refractivity contribution < 1.29 is 17.9 Å². The quantitative estimate of drug-likeness (QED) is 0.730. The summed E-state index contributed by atoms with van der Waals surface area (Å²) < 4.78 is 33.7. The molecule has 0 spiro atoms. The van der Waals surface area contributed by atoms with Crippen molar-refractivity contribution in [3.63, 3.8) is 0 Å². The number of benzene rings is 3. The Labute approximate surface area is 164 Å². The van der Waals surface area contributed by atoms with Crippen molar-refractivity contribution in [2.45, 2.75) is 30.1 Å². The van der Waals surface area contributed by atoms with E-state index in [1.165, 1.54) is 6.07 Å². The third kappa shape index (κ3) is 3.24. The van der Waals surface area contributed by atoms with E-state index in [1.54, 1.807) is 25.3 Å². The van der Waals surface area contributed by atoms with E-state index in [-0.39, 0.29) is 4.90 Å². The van der Waals surface area contributed by atoms with Gasteiger partial charge in [0.05, 0.1) is 17.9 Å². The molecule has 3 aromatic carbocycles. The van der Waals surface area contributed by atoms with E-state index >= 15 is 0 Å². The largest absolute Gasteiger partial charge is 0.496 e. The number of carbonyl (C=O) groups excluding carboxylic acids is 1. The Morgan fingerprint density at radius 1 is 1.04 bits per heavy atom. The van der Waals surface area contributed by atoms with Gasteiger partial charge in [0.25, 0.3) is 10.0 Å². The lowest BCUT2D eigenvalue weighted by atomic mass is 9.82. The van der Waals surface area contributed by atoms with Crippen LogP contribution in [0.1, 0.15) is 29.9 Å². The van der Waals surface area contributed by atoms with E-state index in [4.69, 9.17) is 4.74 Å². The molecule has 3 aromatic rings. The van der Waals surface area contributed by atoms with Crippen molar-refractivity contribution >= 4 is 26.7 Å². The smallest absolute Gasteiger partial charge is 0.264 e. The van der Waals surface area contributed by atoms with Crippen molar-refractivity contribution in [3.05, 3.63) is 71.8 Å². The van der Waals surface area contributed by atoms with Crippen LogP contribution >= 0.6 is 0 Å². The van der Waals surface area contributed by atoms with Crippen LogP contribution in [-0.4, -0.2) is 21.4 Å². The molecule has 0 radical (unpaired) electrons. The Morgan fingerprint density at radius 3 is 2.61 bits per heavy atom. The van der Waals surface area contributed by atoms with Crippen LogP contribution < -0.4 is 9.46 Å². The van der Waals surface area contributed by atoms with Gasteiger partial charge in [0, 0.05) is 5.39 Å². The molecule has 0 saturated heterocycles. The van der Waals surface area contributed by atoms with Gasteiger partial charge in [0.15, 0.2) is 0 Å². The number of methoxy groups -OCH3 is 1. The summed E-state index contributed by atoms with van der Waals surface area (Å²) in [7, 11) is -2.38. The fourth-order valence-corrected chi connectivity index (χ4v) is 5.22. The number of hydrogen-bond donors (Lipinski definition) is 1. The van der Waals surface area contributed by atoms with E-state index < -0.39 is 21.8 Å². The van der Waals surface area contributed by atoms with Crippen molar-refractivity contribution in [1.82, 2.24) is 4.72 Å². The lowest BCUT2D eigenvalue weighted by Crippen LogP contribution is -2.36. The molecule has 1 aliphatic carbocycles. The summed E-state index contributed by atoms with van der Waals surface area (Å²) >= 11 is 0. The first-order valence-corrected chi connectivity index (χ1v) is 10.7. The third-order valence-electron chi connectivity index (χ3n) is 5.27. The Balaban J connectivity index is 1.68. The maximum Gasteiger partial charge on any atom is 0.264 e. The Kier molecular flexibility index (Phi) is 4.81. The summed E-state index contributed by atoms with van der Waals surface area (Å²) in [5, 5.41) is 1.40. The van der Waals surface area contributed by atoms with E-state index in [2.05, 4.69) is 4.72 Å². The standard InChI is InChI=1S/C22H21NO4S/c1-27-20-13-6-10-17-18(20)11-5-12-19(17)22(24)23-28(25,26)21-14-4-8-15-7-2-3-9-16(15)21/h2-4,6-10,13-14,19H,5,11-12H2,1H3,(H,23,24). The molecule has 5 nitrogen and oxygen atoms in total. The molecule has 1 atom stereocenters. The second-order valence-corrected chi connectivity index (χ2v) is 8.57. The number of sulfonamides is 1. The molecule has 1 N–H and O–H groups in total. The van der Waals surface area contributed by atoms with E-state index in [0.29, 0.717) is 11.8 Å². The number of fused-ring (bicyclic) bond motifs is 2. The normalized spacial score (nSPS) is 16.4. The lowest BCUT2D eigenvalue weighted by Gasteiger charge is -2.26. The van der Waals surface area contributed by atoms with Gasteiger partial charge in [-0.2, -0.15) is 0 Å². The number of amides is 1. The number of rotatable bonds is 4. The van der Waals surface area contributed by atoms with Gasteiger partial charge in [-0.1, -0.05) is 48.5 Å². The second kappa shape index (κ2) is 7.28. The minimum absolute atomic E-state index is 0.112. The second-order valence-electron chi connectivity index (χ2n) is 6.92. The molecule has 144 valence electrons. The number of nitrogens with one attached hydrogen (secondary N) is 1. The summed E-state index contributed by atoms with van der Waals surface area (Å²) in [6, 6.07) is 17.9. The summed E-state index contributed by atoms with van der Waals surface area (Å²) in [5.74, 6) is -0.266. The minimum Gasteiger partial charge on any atom is -0.496 e. The minimum atomic E-state index is -3.98. The van der Waals surface area contributed by atoms with Gasteiger partial charge in [-0.25, -0.2) is 13.1 Å². The van der Waals surface area contributed by atoms with Gasteiger partial charge < -0.3 is 4.74 Å². The molecule has 0 aromatic heterocycles. The zero-order chi connectivity index (χ0) is 19.7. The fourth-order valence-electron chi connectivity index (χ4n) is 3.97. The van der Waals surface area contributed by atoms with Crippen LogP contribution in [-0.2, 0) is 21.2 Å². The van der Waals surface area contributed by atoms with Gasteiger partial charge in [-0.05, 0) is 47.9 Å². The van der Waals surface area contributed by atoms with Crippen LogP contribution in [0.5, 0.6) is 5.75 Å². The Morgan fingerprint density at radius 2 is 1.79 bits per heavy atom. The fraction of sp³-hybridized carbons (Fsp3) is 0.227. The van der Waals surface area contributed by atoms with Crippen LogP contribution in [0.3, 0.4) is 0 Å². The molecule has 0 aliphatic heterocycles. The predicted molar refractivity (Wildman–Crippen MR) is 108 cm³/mol. The molecule has 4 rings (SSSR count). The highest BCUT2D eigenvalue weighted by Gasteiger charge is 2.31. The first kappa shape index (κ1) is 18.5. The van der Waals surface area contributed by atoms with Gasteiger partial charge in [-0.3, -0.25) is 4.79 Å². The highest BCUT2D eigenvalue weighted by Crippen LogP contribution is 2.37. The average molecular weight is 395 g/mol. The van der Waals surface area contributed by atoms with Crippen LogP contribution in [0.25, 0.3) is 10.8 Å². The highest BCUT2D eigenvalue weighted by atomic mass is 32.2. The molecule has 1 aliphatic rings. The van der Waals surface area contributed by atoms with Crippen molar-refractivity contribution in [1.29, 1.82) is 0 Å². The lowest BCUT2D eigenvalue weighted by molar-refractivity contribution is -0.121. The molecule has 0 fully saturated rings. The van der Waals surface area contributed by atoms with E-state index in [9.17, 15) is 13.2 Å². The average Bonchev–Trinajstić information content (AvgIpc) is 2.72. The van der Waals surface area contributed by atoms with Crippen molar-refractivity contribution in [2.24, 2.45) is 0 Å². The maximum absolute atomic E-state index is 13.0. The van der Waals surface area contributed by atoms with Crippen LogP contribution in [0.2, 0.25) is 0 Å². The van der Waals surface area contributed by atoms with Crippen LogP contribution in [0, 0.1) is 0 Å². The number of ether oxygens (including phenoxy) is 1. The zero-order valence-corrected chi connectivity index (χ0v) is 16.3. The third-order valence-corrected chi connectivity index (χ3v) is 6.68. The van der Waals surface area contributed by atoms with Crippen LogP contribution in [0.4, 0.5) is 0 Å². The Hall–Kier alpha value is -2.86. The summed E-state index contributed by atoms with van der Waals surface area (Å²) in [5.41, 5.74) is 1.83. The summed E-state index contributed by atoms with van der Waals surface area (Å²) in [6.07, 6.45) is 2.23. The van der Waals surface area contributed by atoms with E-state index in [1.807, 2.05) is 36.4 Å². The molecule has 28 heavy (non-hydrogen) atoms. The predicted octanol–water partition coefficient (Wildman–Crippen LogP) is 3.77. The first-order chi connectivity index (χ1) is 13.5. The van der Waals surface area contributed by atoms with E-state index in [0.717, 1.165) is 35.1 Å². The van der Waals surface area contributed by atoms with Gasteiger partial charge in [-0.15, -0.1) is 0 Å². The van der Waals surface area contributed by atoms with Gasteiger partial charge >= 0.3 is 0 Å². The summed E-state index contributed by atoms with van der Waals surface area (Å²) in [6.45, 7) is 0. The molecule has 0 heterocycles. The molecule has 6 heteroatoms. The maximum atomic E-state index is 13.0. The topological polar surface area (TPSA) is 72.5 Å². The molecule has 1 amide bonds. The van der Waals surface area contributed by atoms with Gasteiger partial charge in [0.2, 0.25) is 5.91 Å². The molecule has 0 bridgehead atoms. The number of carbonyl (C=O) groups is 1. The van der Waals surface area contributed by atoms with Crippen molar-refractivity contribution in [3.8, 4) is 5.75 Å². The van der Waals surface area contributed by atoms with Crippen molar-refractivity contribution in [2.75, 3.05) is 7.11 Å². The number of hydrogen-bond acceptors (Lipinski definition) is 4.